The first-order valence-corrected chi connectivity index (χ1v) is 11.7. The van der Waals surface area contributed by atoms with Crippen LogP contribution >= 0.6 is 0 Å². The Bertz CT molecular complexity index is 1310. The smallest absolute Gasteiger partial charge is 0.219 e. The lowest BCUT2D eigenvalue weighted by Gasteiger charge is -2.24. The third kappa shape index (κ3) is 3.99. The van der Waals surface area contributed by atoms with Gasteiger partial charge in [-0.1, -0.05) is 25.1 Å². The van der Waals surface area contributed by atoms with E-state index in [1.54, 1.807) is 6.33 Å². The van der Waals surface area contributed by atoms with Crippen LogP contribution in [0.25, 0.3) is 22.2 Å². The quantitative estimate of drug-likeness (QED) is 0.383. The van der Waals surface area contributed by atoms with E-state index < -0.39 is 5.60 Å². The maximum absolute atomic E-state index is 11.6. The number of hydrogen-bond donors (Lipinski definition) is 3. The molecule has 1 saturated heterocycles. The van der Waals surface area contributed by atoms with Gasteiger partial charge in [-0.2, -0.15) is 0 Å². The number of rotatable bonds is 7. The van der Waals surface area contributed by atoms with Crippen molar-refractivity contribution in [3.05, 3.63) is 60.2 Å². The summed E-state index contributed by atoms with van der Waals surface area (Å²) in [6.07, 6.45) is 3.19. The lowest BCUT2D eigenvalue weighted by atomic mass is 9.91. The summed E-state index contributed by atoms with van der Waals surface area (Å²) in [6, 6.07) is 13.6. The second kappa shape index (κ2) is 9.04. The fourth-order valence-electron chi connectivity index (χ4n) is 4.72. The van der Waals surface area contributed by atoms with Gasteiger partial charge < -0.3 is 25.0 Å². The van der Waals surface area contributed by atoms with E-state index >= 15 is 0 Å². The van der Waals surface area contributed by atoms with Gasteiger partial charge in [-0.25, -0.2) is 15.0 Å². The monoisotopic (exact) mass is 458 g/mol. The predicted octanol–water partition coefficient (Wildman–Crippen LogP) is 4.13. The second-order valence-corrected chi connectivity index (χ2v) is 8.83. The fraction of sp³-hybridized carbons (Fsp3) is 0.346. The minimum absolute atomic E-state index is 0.496. The number of aryl methyl sites for hydroxylation is 2. The van der Waals surface area contributed by atoms with Gasteiger partial charge in [0.05, 0.1) is 11.1 Å². The van der Waals surface area contributed by atoms with Crippen LogP contribution in [0.3, 0.4) is 0 Å². The number of ether oxygens (including phenoxy) is 1. The first-order chi connectivity index (χ1) is 16.5. The average Bonchev–Trinajstić information content (AvgIpc) is 3.41. The minimum Gasteiger partial charge on any atom is -0.439 e. The van der Waals surface area contributed by atoms with Crippen molar-refractivity contribution in [2.45, 2.75) is 32.3 Å². The van der Waals surface area contributed by atoms with E-state index in [1.807, 2.05) is 61.0 Å². The highest BCUT2D eigenvalue weighted by molar-refractivity contribution is 6.03. The standard InChI is InChI=1S/C26H30N6O2/c1-4-13-28-24-22-21(18-8-10-19(11-9-18)34-20-7-5-6-17(2)31-20)23(26(33)12-14-27-15-26)32(3)25(22)30-16-29-24/h5-11,16,27,33H,4,12-15H2,1-3H3,(H,28,29,30). The number of aromatic nitrogens is 4. The van der Waals surface area contributed by atoms with Gasteiger partial charge in [0, 0.05) is 37.5 Å². The van der Waals surface area contributed by atoms with Crippen molar-refractivity contribution in [2.24, 2.45) is 7.05 Å². The molecule has 176 valence electrons. The Morgan fingerprint density at radius 3 is 2.71 bits per heavy atom. The van der Waals surface area contributed by atoms with Gasteiger partial charge >= 0.3 is 0 Å². The zero-order valence-corrected chi connectivity index (χ0v) is 19.8. The molecule has 1 aliphatic heterocycles. The molecule has 5 rings (SSSR count). The summed E-state index contributed by atoms with van der Waals surface area (Å²) in [7, 11) is 1.97. The Labute approximate surface area is 199 Å². The molecular weight excluding hydrogens is 428 g/mol. The van der Waals surface area contributed by atoms with Gasteiger partial charge in [0.25, 0.3) is 0 Å². The summed E-state index contributed by atoms with van der Waals surface area (Å²) in [5.74, 6) is 2.04. The molecule has 1 aliphatic rings. The molecule has 1 aromatic carbocycles. The maximum Gasteiger partial charge on any atom is 0.219 e. The first-order valence-electron chi connectivity index (χ1n) is 11.7. The van der Waals surface area contributed by atoms with E-state index in [0.717, 1.165) is 58.9 Å². The van der Waals surface area contributed by atoms with Gasteiger partial charge in [-0.3, -0.25) is 0 Å². The van der Waals surface area contributed by atoms with Crippen molar-refractivity contribution in [1.29, 1.82) is 0 Å². The van der Waals surface area contributed by atoms with Crippen LogP contribution in [0.15, 0.2) is 48.8 Å². The molecule has 0 spiro atoms. The van der Waals surface area contributed by atoms with Gasteiger partial charge in [0.1, 0.15) is 29.1 Å². The third-order valence-corrected chi connectivity index (χ3v) is 6.31. The highest BCUT2D eigenvalue weighted by Gasteiger charge is 2.39. The van der Waals surface area contributed by atoms with Crippen LogP contribution < -0.4 is 15.4 Å². The lowest BCUT2D eigenvalue weighted by molar-refractivity contribution is 0.0522. The number of benzene rings is 1. The molecule has 8 heteroatoms. The van der Waals surface area contributed by atoms with Crippen molar-refractivity contribution in [1.82, 2.24) is 24.8 Å². The Balaban J connectivity index is 1.64. The first kappa shape index (κ1) is 22.3. The number of aliphatic hydroxyl groups is 1. The number of nitrogens with zero attached hydrogens (tertiary/aromatic N) is 4. The molecule has 1 fully saturated rings. The summed E-state index contributed by atoms with van der Waals surface area (Å²) in [5, 5.41) is 19.3. The highest BCUT2D eigenvalue weighted by atomic mass is 16.5. The van der Waals surface area contributed by atoms with E-state index in [2.05, 4.69) is 32.5 Å². The topological polar surface area (TPSA) is 97.1 Å². The summed E-state index contributed by atoms with van der Waals surface area (Å²) in [6.45, 7) is 6.12. The summed E-state index contributed by atoms with van der Waals surface area (Å²) in [5.41, 5.74) is 3.47. The van der Waals surface area contributed by atoms with E-state index in [4.69, 9.17) is 4.74 Å². The minimum atomic E-state index is -0.993. The van der Waals surface area contributed by atoms with Crippen molar-refractivity contribution < 1.29 is 9.84 Å². The number of fused-ring (bicyclic) bond motifs is 1. The molecule has 8 nitrogen and oxygen atoms in total. The molecule has 3 N–H and O–H groups in total. The molecule has 3 aromatic heterocycles. The normalized spacial score (nSPS) is 17.9. The largest absolute Gasteiger partial charge is 0.439 e. The lowest BCUT2D eigenvalue weighted by Crippen LogP contribution is -2.31. The van der Waals surface area contributed by atoms with Crippen molar-refractivity contribution in [3.63, 3.8) is 0 Å². The number of nitrogens with one attached hydrogen (secondary N) is 2. The Morgan fingerprint density at radius 2 is 2.00 bits per heavy atom. The third-order valence-electron chi connectivity index (χ3n) is 6.31. The number of anilines is 1. The summed E-state index contributed by atoms with van der Waals surface area (Å²) >= 11 is 0. The van der Waals surface area contributed by atoms with Gasteiger partial charge in [0.15, 0.2) is 0 Å². The molecular formula is C26H30N6O2. The molecule has 4 aromatic rings. The highest BCUT2D eigenvalue weighted by Crippen LogP contribution is 2.43. The van der Waals surface area contributed by atoms with Crippen molar-refractivity contribution in [3.8, 4) is 22.8 Å². The van der Waals surface area contributed by atoms with Crippen LogP contribution in [0.4, 0.5) is 5.82 Å². The Hall–Kier alpha value is -3.49. The van der Waals surface area contributed by atoms with Crippen molar-refractivity contribution in [2.75, 3.05) is 25.0 Å². The molecule has 34 heavy (non-hydrogen) atoms. The van der Waals surface area contributed by atoms with Crippen LogP contribution in [0.2, 0.25) is 0 Å². The van der Waals surface area contributed by atoms with E-state index in [0.29, 0.717) is 24.6 Å². The van der Waals surface area contributed by atoms with E-state index in [1.165, 1.54) is 0 Å². The second-order valence-electron chi connectivity index (χ2n) is 8.83. The molecule has 1 atom stereocenters. The number of β-amino-alcohol motifs (C(OH)–C–C–N with tert-alkyl or cyclic N) is 1. The Morgan fingerprint density at radius 1 is 1.18 bits per heavy atom. The zero-order chi connectivity index (χ0) is 23.7. The summed E-state index contributed by atoms with van der Waals surface area (Å²) < 4.78 is 7.97. The molecule has 0 radical (unpaired) electrons. The number of hydrogen-bond acceptors (Lipinski definition) is 7. The molecule has 0 saturated carbocycles. The van der Waals surface area contributed by atoms with Crippen LogP contribution in [-0.2, 0) is 12.6 Å². The van der Waals surface area contributed by atoms with Gasteiger partial charge in [-0.15, -0.1) is 0 Å². The fourth-order valence-corrected chi connectivity index (χ4v) is 4.72. The van der Waals surface area contributed by atoms with E-state index in [9.17, 15) is 5.11 Å². The average molecular weight is 459 g/mol. The van der Waals surface area contributed by atoms with Gasteiger partial charge in [0.2, 0.25) is 5.88 Å². The van der Waals surface area contributed by atoms with Crippen LogP contribution in [0, 0.1) is 6.92 Å². The molecule has 0 aliphatic carbocycles. The summed E-state index contributed by atoms with van der Waals surface area (Å²) in [4.78, 5) is 13.6. The molecule has 1 unspecified atom stereocenters. The van der Waals surface area contributed by atoms with Crippen LogP contribution in [0.1, 0.15) is 31.2 Å². The molecule has 0 bridgehead atoms. The van der Waals surface area contributed by atoms with Crippen LogP contribution in [-0.4, -0.2) is 44.3 Å². The van der Waals surface area contributed by atoms with E-state index in [-0.39, 0.29) is 0 Å². The van der Waals surface area contributed by atoms with Crippen molar-refractivity contribution >= 4 is 16.9 Å². The molecule has 0 amide bonds. The van der Waals surface area contributed by atoms with Crippen LogP contribution in [0.5, 0.6) is 11.6 Å². The van der Waals surface area contributed by atoms with Gasteiger partial charge in [-0.05, 0) is 50.1 Å². The Kier molecular flexibility index (Phi) is 5.93. The maximum atomic E-state index is 11.6. The molecule has 4 heterocycles. The SMILES string of the molecule is CCCNc1ncnc2c1c(-c1ccc(Oc3cccc(C)n3)cc1)c(C1(O)CCNC1)n2C. The predicted molar refractivity (Wildman–Crippen MR) is 133 cm³/mol. The zero-order valence-electron chi connectivity index (χ0n) is 19.8. The number of pyridine rings is 1.